The van der Waals surface area contributed by atoms with E-state index in [0.717, 1.165) is 16.8 Å². The van der Waals surface area contributed by atoms with Crippen LogP contribution in [0, 0.1) is 0 Å². The molecule has 0 unspecified atom stereocenters. The molecule has 68 valence electrons. The summed E-state index contributed by atoms with van der Waals surface area (Å²) in [7, 11) is 3.25. The summed E-state index contributed by atoms with van der Waals surface area (Å²) < 4.78 is 7.09. The summed E-state index contributed by atoms with van der Waals surface area (Å²) in [6.45, 7) is 0. The Morgan fingerprint density at radius 2 is 2.46 bits per heavy atom. The second-order valence-electron chi connectivity index (χ2n) is 2.50. The Bertz CT molecular complexity index is 429. The fourth-order valence-corrected chi connectivity index (χ4v) is 2.43. The molecule has 0 aliphatic rings. The van der Waals surface area contributed by atoms with Gasteiger partial charge < -0.3 is 4.74 Å². The van der Waals surface area contributed by atoms with Gasteiger partial charge in [0, 0.05) is 41.9 Å². The van der Waals surface area contributed by atoms with Crippen LogP contribution in [0.25, 0.3) is 11.0 Å². The van der Waals surface area contributed by atoms with Gasteiger partial charge in [-0.2, -0.15) is 0 Å². The third kappa shape index (κ3) is 1.62. The smallest absolute Gasteiger partial charge is 0.150 e. The average molecular weight is 306 g/mol. The summed E-state index contributed by atoms with van der Waals surface area (Å²) in [5.41, 5.74) is 0.972. The van der Waals surface area contributed by atoms with Gasteiger partial charge in [0.1, 0.15) is 5.75 Å². The number of methoxy groups -OCH3 is 1. The van der Waals surface area contributed by atoms with Crippen molar-refractivity contribution in [1.82, 2.24) is 8.96 Å². The molecule has 0 N–H and O–H groups in total. The van der Waals surface area contributed by atoms with E-state index in [-0.39, 0.29) is 0 Å². The van der Waals surface area contributed by atoms with Crippen molar-refractivity contribution < 1.29 is 4.74 Å². The number of halogens is 1. The van der Waals surface area contributed by atoms with Gasteiger partial charge in [0.05, 0.1) is 13.3 Å². The van der Waals surface area contributed by atoms with Gasteiger partial charge in [-0.3, -0.25) is 3.97 Å². The van der Waals surface area contributed by atoms with Crippen LogP contribution in [0.4, 0.5) is 0 Å². The molecule has 2 aromatic heterocycles. The van der Waals surface area contributed by atoms with E-state index >= 15 is 0 Å². The van der Waals surface area contributed by atoms with Crippen molar-refractivity contribution in [2.75, 3.05) is 7.11 Å². The molecular weight excluding hydrogens is 299 g/mol. The van der Waals surface area contributed by atoms with Crippen molar-refractivity contribution in [3.63, 3.8) is 0 Å². The summed E-state index contributed by atoms with van der Waals surface area (Å²) >= 11 is 2.22. The molecule has 2 rings (SSSR count). The molecule has 0 saturated carbocycles. The molecule has 5 heteroatoms. The van der Waals surface area contributed by atoms with Crippen molar-refractivity contribution in [3.8, 4) is 5.75 Å². The lowest BCUT2D eigenvalue weighted by Crippen LogP contribution is -1.86. The maximum absolute atomic E-state index is 5.08. The molecule has 3 nitrogen and oxygen atoms in total. The third-order valence-electron chi connectivity index (χ3n) is 1.78. The molecule has 0 radical (unpaired) electrons. The molecule has 0 amide bonds. The second-order valence-corrected chi connectivity index (χ2v) is 4.21. The van der Waals surface area contributed by atoms with Crippen LogP contribution in [0.2, 0.25) is 0 Å². The molecule has 0 aromatic carbocycles. The van der Waals surface area contributed by atoms with Crippen molar-refractivity contribution >= 4 is 41.4 Å². The van der Waals surface area contributed by atoms with Crippen LogP contribution in [-0.4, -0.2) is 16.1 Å². The summed E-state index contributed by atoms with van der Waals surface area (Å²) in [6, 6.07) is 4.00. The van der Waals surface area contributed by atoms with E-state index in [1.54, 1.807) is 22.4 Å². The molecule has 0 aliphatic carbocycles. The average Bonchev–Trinajstić information content (AvgIpc) is 2.59. The lowest BCUT2D eigenvalue weighted by Gasteiger charge is -1.99. The first-order chi connectivity index (χ1) is 6.35. The molecule has 0 bridgehead atoms. The van der Waals surface area contributed by atoms with E-state index in [9.17, 15) is 0 Å². The highest BCUT2D eigenvalue weighted by molar-refractivity contribution is 14.2. The molecule has 0 spiro atoms. The molecular formula is C8H7IN2OS. The van der Waals surface area contributed by atoms with Gasteiger partial charge in [-0.1, -0.05) is 0 Å². The molecule has 2 heterocycles. The quantitative estimate of drug-likeness (QED) is 0.798. The van der Waals surface area contributed by atoms with Crippen LogP contribution in [-0.2, 0) is 0 Å². The second kappa shape index (κ2) is 3.75. The van der Waals surface area contributed by atoms with Crippen LogP contribution in [0.1, 0.15) is 0 Å². The number of ether oxygens (including phenoxy) is 1. The Morgan fingerprint density at radius 3 is 3.15 bits per heavy atom. The molecule has 13 heavy (non-hydrogen) atoms. The zero-order valence-corrected chi connectivity index (χ0v) is 9.87. The SMILES string of the molecule is COc1cnc2c(ccn2SI)c1. The van der Waals surface area contributed by atoms with E-state index < -0.39 is 0 Å². The van der Waals surface area contributed by atoms with E-state index in [2.05, 4.69) is 26.2 Å². The summed E-state index contributed by atoms with van der Waals surface area (Å²) in [4.78, 5) is 4.30. The maximum atomic E-state index is 5.08. The fourth-order valence-electron chi connectivity index (χ4n) is 1.15. The zero-order valence-electron chi connectivity index (χ0n) is 6.90. The standard InChI is InChI=1S/C8H7IN2OS/c1-12-7-4-6-2-3-11(13-9)8(6)10-5-7/h2-5H,1H3. The van der Waals surface area contributed by atoms with Gasteiger partial charge in [-0.25, -0.2) is 4.98 Å². The van der Waals surface area contributed by atoms with Gasteiger partial charge in [-0.15, -0.1) is 0 Å². The predicted molar refractivity (Wildman–Crippen MR) is 63.3 cm³/mol. The van der Waals surface area contributed by atoms with E-state index in [4.69, 9.17) is 4.74 Å². The van der Waals surface area contributed by atoms with Gasteiger partial charge in [0.2, 0.25) is 0 Å². The minimum atomic E-state index is 0.795. The fraction of sp³-hybridized carbons (Fsp3) is 0.125. The van der Waals surface area contributed by atoms with Crippen LogP contribution in [0.5, 0.6) is 5.75 Å². The van der Waals surface area contributed by atoms with Crippen molar-refractivity contribution in [2.45, 2.75) is 0 Å². The highest BCUT2D eigenvalue weighted by Crippen LogP contribution is 2.25. The number of nitrogens with zero attached hydrogens (tertiary/aromatic N) is 2. The van der Waals surface area contributed by atoms with Crippen molar-refractivity contribution in [2.24, 2.45) is 0 Å². The lowest BCUT2D eigenvalue weighted by atomic mass is 10.3. The normalized spacial score (nSPS) is 10.6. The topological polar surface area (TPSA) is 27.1 Å². The minimum Gasteiger partial charge on any atom is -0.495 e. The minimum absolute atomic E-state index is 0.795. The molecule has 0 atom stereocenters. The Balaban J connectivity index is 2.61. The number of aromatic nitrogens is 2. The Morgan fingerprint density at radius 1 is 1.62 bits per heavy atom. The first-order valence-electron chi connectivity index (χ1n) is 3.65. The predicted octanol–water partition coefficient (Wildman–Crippen LogP) is 2.89. The number of pyridine rings is 1. The Kier molecular flexibility index (Phi) is 2.63. The highest BCUT2D eigenvalue weighted by Gasteiger charge is 2.02. The maximum Gasteiger partial charge on any atom is 0.150 e. The van der Waals surface area contributed by atoms with E-state index in [1.807, 2.05) is 22.3 Å². The summed E-state index contributed by atoms with van der Waals surface area (Å²) in [6.07, 6.45) is 3.72. The van der Waals surface area contributed by atoms with E-state index in [0.29, 0.717) is 0 Å². The lowest BCUT2D eigenvalue weighted by molar-refractivity contribution is 0.413. The van der Waals surface area contributed by atoms with Crippen molar-refractivity contribution in [3.05, 3.63) is 24.5 Å². The Hall–Kier alpha value is -0.430. The monoisotopic (exact) mass is 306 g/mol. The molecule has 0 aliphatic heterocycles. The van der Waals surface area contributed by atoms with Crippen molar-refractivity contribution in [1.29, 1.82) is 0 Å². The van der Waals surface area contributed by atoms with Gasteiger partial charge in [0.15, 0.2) is 5.65 Å². The first kappa shape index (κ1) is 9.14. The van der Waals surface area contributed by atoms with Crippen LogP contribution in [0.3, 0.4) is 0 Å². The molecule has 2 aromatic rings. The first-order valence-corrected chi connectivity index (χ1v) is 6.97. The van der Waals surface area contributed by atoms with Crippen LogP contribution in [0.15, 0.2) is 24.5 Å². The largest absolute Gasteiger partial charge is 0.495 e. The van der Waals surface area contributed by atoms with E-state index in [1.165, 1.54) is 0 Å². The Labute approximate surface area is 92.2 Å². The zero-order chi connectivity index (χ0) is 9.26. The highest BCUT2D eigenvalue weighted by atomic mass is 127. The number of fused-ring (bicyclic) bond motifs is 1. The third-order valence-corrected chi connectivity index (χ3v) is 3.49. The van der Waals surface area contributed by atoms with Crippen LogP contribution >= 0.6 is 30.3 Å². The van der Waals surface area contributed by atoms with Gasteiger partial charge in [0.25, 0.3) is 0 Å². The number of rotatable bonds is 2. The summed E-state index contributed by atoms with van der Waals surface area (Å²) in [5, 5.41) is 1.10. The van der Waals surface area contributed by atoms with Crippen LogP contribution < -0.4 is 4.74 Å². The number of hydrogen-bond acceptors (Lipinski definition) is 3. The van der Waals surface area contributed by atoms with Gasteiger partial charge >= 0.3 is 0 Å². The van der Waals surface area contributed by atoms with Gasteiger partial charge in [-0.05, 0) is 12.1 Å². The molecule has 0 saturated heterocycles. The number of hydrogen-bond donors (Lipinski definition) is 0. The summed E-state index contributed by atoms with van der Waals surface area (Å²) in [5.74, 6) is 0.795. The molecule has 0 fully saturated rings.